The van der Waals surface area contributed by atoms with Crippen molar-refractivity contribution >= 4 is 5.91 Å². The highest BCUT2D eigenvalue weighted by Gasteiger charge is 2.23. The first-order valence-electron chi connectivity index (χ1n) is 7.34. The van der Waals surface area contributed by atoms with Crippen LogP contribution in [-0.4, -0.2) is 25.2 Å². The average molecular weight is 277 g/mol. The van der Waals surface area contributed by atoms with Gasteiger partial charge in [-0.05, 0) is 43.5 Å². The van der Waals surface area contributed by atoms with Crippen LogP contribution in [0.1, 0.15) is 39.0 Å². The first-order chi connectivity index (χ1) is 9.72. The highest BCUT2D eigenvalue weighted by molar-refractivity contribution is 5.81. The van der Waals surface area contributed by atoms with Gasteiger partial charge in [0.15, 0.2) is 6.10 Å². The molecular formula is C16H23NO3. The third-order valence-electron chi connectivity index (χ3n) is 3.70. The van der Waals surface area contributed by atoms with Crippen LogP contribution >= 0.6 is 0 Å². The molecule has 2 rings (SSSR count). The molecule has 0 spiro atoms. The van der Waals surface area contributed by atoms with E-state index >= 15 is 0 Å². The van der Waals surface area contributed by atoms with Gasteiger partial charge in [0.25, 0.3) is 5.91 Å². The van der Waals surface area contributed by atoms with Crippen molar-refractivity contribution in [2.45, 2.75) is 51.2 Å². The predicted molar refractivity (Wildman–Crippen MR) is 78.1 cm³/mol. The number of hydrogen-bond acceptors (Lipinski definition) is 3. The van der Waals surface area contributed by atoms with Crippen LogP contribution in [0.15, 0.2) is 24.3 Å². The smallest absolute Gasteiger partial charge is 0.261 e. The first kappa shape index (κ1) is 14.7. The summed E-state index contributed by atoms with van der Waals surface area (Å²) < 4.78 is 10.9. The molecule has 1 atom stereocenters. The highest BCUT2D eigenvalue weighted by Crippen LogP contribution is 2.20. The second-order valence-electron chi connectivity index (χ2n) is 5.18. The van der Waals surface area contributed by atoms with Gasteiger partial charge in [-0.1, -0.05) is 19.8 Å². The van der Waals surface area contributed by atoms with Gasteiger partial charge in [-0.15, -0.1) is 0 Å². The van der Waals surface area contributed by atoms with Crippen molar-refractivity contribution in [2.75, 3.05) is 7.11 Å². The lowest BCUT2D eigenvalue weighted by atomic mass is 10.2. The topological polar surface area (TPSA) is 47.6 Å². The summed E-state index contributed by atoms with van der Waals surface area (Å²) in [6, 6.07) is 7.64. The summed E-state index contributed by atoms with van der Waals surface area (Å²) >= 11 is 0. The molecule has 0 aliphatic heterocycles. The molecule has 110 valence electrons. The minimum atomic E-state index is -0.427. The summed E-state index contributed by atoms with van der Waals surface area (Å²) in [5, 5.41) is 3.08. The van der Waals surface area contributed by atoms with E-state index in [0.717, 1.165) is 18.6 Å². The molecule has 1 unspecified atom stereocenters. The Balaban J connectivity index is 1.91. The van der Waals surface area contributed by atoms with Gasteiger partial charge in [0.1, 0.15) is 11.5 Å². The fourth-order valence-corrected chi connectivity index (χ4v) is 2.51. The maximum atomic E-state index is 12.2. The largest absolute Gasteiger partial charge is 0.497 e. The second kappa shape index (κ2) is 7.17. The van der Waals surface area contributed by atoms with E-state index in [1.165, 1.54) is 12.8 Å². The molecular weight excluding hydrogens is 254 g/mol. The van der Waals surface area contributed by atoms with E-state index in [1.54, 1.807) is 7.11 Å². The SMILES string of the molecule is CCC(Oc1ccc(OC)cc1)C(=O)NC1CCCC1. The zero-order valence-electron chi connectivity index (χ0n) is 12.2. The number of benzene rings is 1. The number of carbonyl (C=O) groups is 1. The molecule has 1 aliphatic carbocycles. The van der Waals surface area contributed by atoms with Crippen molar-refractivity contribution < 1.29 is 14.3 Å². The van der Waals surface area contributed by atoms with Gasteiger partial charge in [0.05, 0.1) is 7.11 Å². The van der Waals surface area contributed by atoms with Crippen molar-refractivity contribution in [2.24, 2.45) is 0 Å². The quantitative estimate of drug-likeness (QED) is 0.869. The van der Waals surface area contributed by atoms with Crippen LogP contribution in [0.3, 0.4) is 0 Å². The Morgan fingerprint density at radius 3 is 2.40 bits per heavy atom. The van der Waals surface area contributed by atoms with Gasteiger partial charge in [0.2, 0.25) is 0 Å². The van der Waals surface area contributed by atoms with Crippen LogP contribution in [0.25, 0.3) is 0 Å². The number of carbonyl (C=O) groups excluding carboxylic acids is 1. The number of rotatable bonds is 6. The van der Waals surface area contributed by atoms with E-state index in [4.69, 9.17) is 9.47 Å². The zero-order valence-corrected chi connectivity index (χ0v) is 12.2. The number of methoxy groups -OCH3 is 1. The summed E-state index contributed by atoms with van der Waals surface area (Å²) in [6.07, 6.45) is 4.83. The molecule has 0 bridgehead atoms. The lowest BCUT2D eigenvalue weighted by Crippen LogP contribution is -2.42. The lowest BCUT2D eigenvalue weighted by molar-refractivity contribution is -0.128. The fourth-order valence-electron chi connectivity index (χ4n) is 2.51. The van der Waals surface area contributed by atoms with Crippen LogP contribution in [0.2, 0.25) is 0 Å². The first-order valence-corrected chi connectivity index (χ1v) is 7.34. The zero-order chi connectivity index (χ0) is 14.4. The normalized spacial score (nSPS) is 16.7. The van der Waals surface area contributed by atoms with Gasteiger partial charge in [0, 0.05) is 6.04 Å². The molecule has 1 N–H and O–H groups in total. The number of amides is 1. The summed E-state index contributed by atoms with van der Waals surface area (Å²) in [5.41, 5.74) is 0. The van der Waals surface area contributed by atoms with E-state index in [-0.39, 0.29) is 5.91 Å². The minimum absolute atomic E-state index is 0.00443. The van der Waals surface area contributed by atoms with Crippen LogP contribution < -0.4 is 14.8 Å². The van der Waals surface area contributed by atoms with Crippen LogP contribution in [0, 0.1) is 0 Å². The van der Waals surface area contributed by atoms with Crippen molar-refractivity contribution in [1.82, 2.24) is 5.32 Å². The second-order valence-corrected chi connectivity index (χ2v) is 5.18. The standard InChI is InChI=1S/C16H23NO3/c1-3-15(16(18)17-12-6-4-5-7-12)20-14-10-8-13(19-2)9-11-14/h8-12,15H,3-7H2,1-2H3,(H,17,18). The van der Waals surface area contributed by atoms with Crippen LogP contribution in [0.4, 0.5) is 0 Å². The number of nitrogens with one attached hydrogen (secondary N) is 1. The fraction of sp³-hybridized carbons (Fsp3) is 0.562. The molecule has 4 nitrogen and oxygen atoms in total. The molecule has 0 aromatic heterocycles. The third-order valence-corrected chi connectivity index (χ3v) is 3.70. The maximum absolute atomic E-state index is 12.2. The molecule has 1 amide bonds. The molecule has 1 aromatic carbocycles. The molecule has 20 heavy (non-hydrogen) atoms. The average Bonchev–Trinajstić information content (AvgIpc) is 2.98. The van der Waals surface area contributed by atoms with Crippen LogP contribution in [-0.2, 0) is 4.79 Å². The Labute approximate surface area is 120 Å². The molecule has 1 aliphatic rings. The molecule has 4 heteroatoms. The molecule has 0 saturated heterocycles. The Morgan fingerprint density at radius 1 is 1.25 bits per heavy atom. The predicted octanol–water partition coefficient (Wildman–Crippen LogP) is 2.91. The lowest BCUT2D eigenvalue weighted by Gasteiger charge is -2.20. The van der Waals surface area contributed by atoms with E-state index in [1.807, 2.05) is 31.2 Å². The molecule has 1 aromatic rings. The van der Waals surface area contributed by atoms with Gasteiger partial charge >= 0.3 is 0 Å². The molecule has 1 fully saturated rings. The third kappa shape index (κ3) is 3.89. The van der Waals surface area contributed by atoms with E-state index in [0.29, 0.717) is 18.2 Å². The van der Waals surface area contributed by atoms with E-state index in [9.17, 15) is 4.79 Å². The maximum Gasteiger partial charge on any atom is 0.261 e. The Kier molecular flexibility index (Phi) is 5.27. The Hall–Kier alpha value is -1.71. The van der Waals surface area contributed by atoms with Gasteiger partial charge in [-0.3, -0.25) is 4.79 Å². The number of ether oxygens (including phenoxy) is 2. The summed E-state index contributed by atoms with van der Waals surface area (Å²) in [5.74, 6) is 1.47. The van der Waals surface area contributed by atoms with Gasteiger partial charge in [-0.25, -0.2) is 0 Å². The van der Waals surface area contributed by atoms with E-state index < -0.39 is 6.10 Å². The summed E-state index contributed by atoms with van der Waals surface area (Å²) in [4.78, 5) is 12.2. The Morgan fingerprint density at radius 2 is 1.85 bits per heavy atom. The van der Waals surface area contributed by atoms with E-state index in [2.05, 4.69) is 5.32 Å². The Bertz CT molecular complexity index is 424. The van der Waals surface area contributed by atoms with Crippen molar-refractivity contribution in [3.63, 3.8) is 0 Å². The minimum Gasteiger partial charge on any atom is -0.497 e. The molecule has 0 heterocycles. The van der Waals surface area contributed by atoms with Crippen molar-refractivity contribution in [1.29, 1.82) is 0 Å². The number of hydrogen-bond donors (Lipinski definition) is 1. The van der Waals surface area contributed by atoms with Gasteiger partial charge < -0.3 is 14.8 Å². The van der Waals surface area contributed by atoms with Crippen LogP contribution in [0.5, 0.6) is 11.5 Å². The van der Waals surface area contributed by atoms with Crippen molar-refractivity contribution in [3.8, 4) is 11.5 Å². The monoisotopic (exact) mass is 277 g/mol. The summed E-state index contributed by atoms with van der Waals surface area (Å²) in [7, 11) is 1.62. The van der Waals surface area contributed by atoms with Gasteiger partial charge in [-0.2, -0.15) is 0 Å². The molecule has 0 radical (unpaired) electrons. The van der Waals surface area contributed by atoms with Crippen molar-refractivity contribution in [3.05, 3.63) is 24.3 Å². The summed E-state index contributed by atoms with van der Waals surface area (Å²) in [6.45, 7) is 1.96. The highest BCUT2D eigenvalue weighted by atomic mass is 16.5. The molecule has 1 saturated carbocycles.